The smallest absolute Gasteiger partial charge is 0.198 e. The van der Waals surface area contributed by atoms with Crippen molar-refractivity contribution in [1.82, 2.24) is 4.98 Å². The van der Waals surface area contributed by atoms with Crippen molar-refractivity contribution in [2.75, 3.05) is 0 Å². The average molecular weight is 238 g/mol. The normalized spacial score (nSPS) is 12.7. The highest BCUT2D eigenvalue weighted by Crippen LogP contribution is 2.16. The third kappa shape index (κ3) is 2.62. The molecule has 3 nitrogen and oxygen atoms in total. The molecule has 1 aromatic heterocycles. The maximum absolute atomic E-state index is 9.30. The van der Waals surface area contributed by atoms with Crippen LogP contribution in [0.4, 0.5) is 0 Å². The summed E-state index contributed by atoms with van der Waals surface area (Å²) in [6, 6.07) is 7.53. The molecule has 0 fully saturated rings. The molecule has 1 N–H and O–H groups in total. The second-order valence-corrected chi connectivity index (χ2v) is 4.09. The van der Waals surface area contributed by atoms with Gasteiger partial charge >= 0.3 is 0 Å². The van der Waals surface area contributed by atoms with Crippen LogP contribution in [0.1, 0.15) is 30.2 Å². The van der Waals surface area contributed by atoms with Crippen molar-refractivity contribution in [3.63, 3.8) is 0 Å². The summed E-state index contributed by atoms with van der Waals surface area (Å²) in [6.07, 6.45) is 1.45. The van der Waals surface area contributed by atoms with Gasteiger partial charge < -0.3 is 9.52 Å². The number of hydrogen-bond acceptors (Lipinski definition) is 3. The first-order chi connectivity index (χ1) is 7.65. The Bertz CT molecular complexity index is 479. The van der Waals surface area contributed by atoms with Crippen LogP contribution in [0.5, 0.6) is 0 Å². The molecule has 1 heterocycles. The number of benzene rings is 1. The monoisotopic (exact) mass is 237 g/mol. The Labute approximate surface area is 98.7 Å². The van der Waals surface area contributed by atoms with Gasteiger partial charge in [-0.05, 0) is 24.6 Å². The van der Waals surface area contributed by atoms with Crippen LogP contribution in [0.2, 0.25) is 5.02 Å². The van der Waals surface area contributed by atoms with Crippen LogP contribution < -0.4 is 0 Å². The van der Waals surface area contributed by atoms with Crippen LogP contribution in [0.25, 0.3) is 0 Å². The van der Waals surface area contributed by atoms with E-state index in [1.54, 1.807) is 6.92 Å². The van der Waals surface area contributed by atoms with Gasteiger partial charge in [-0.15, -0.1) is 0 Å². The van der Waals surface area contributed by atoms with E-state index in [2.05, 4.69) is 4.98 Å². The molecule has 2 rings (SSSR count). The van der Waals surface area contributed by atoms with E-state index >= 15 is 0 Å². The predicted octanol–water partition coefficient (Wildman–Crippen LogP) is 2.97. The quantitative estimate of drug-likeness (QED) is 0.893. The van der Waals surface area contributed by atoms with E-state index in [1.807, 2.05) is 24.3 Å². The predicted molar refractivity (Wildman–Crippen MR) is 61.4 cm³/mol. The van der Waals surface area contributed by atoms with Crippen molar-refractivity contribution >= 4 is 11.6 Å². The molecule has 0 bridgehead atoms. The summed E-state index contributed by atoms with van der Waals surface area (Å²) in [5, 5.41) is 10.00. The van der Waals surface area contributed by atoms with Gasteiger partial charge in [-0.3, -0.25) is 0 Å². The SMILES string of the molecule is CC(O)c1coc(Cc2cccc(Cl)c2)n1. The molecule has 0 spiro atoms. The average Bonchev–Trinajstić information content (AvgIpc) is 2.66. The van der Waals surface area contributed by atoms with Crippen molar-refractivity contribution in [3.05, 3.63) is 52.7 Å². The molecule has 1 aromatic carbocycles. The van der Waals surface area contributed by atoms with Crippen LogP contribution in [0, 0.1) is 0 Å². The molecule has 0 aliphatic rings. The van der Waals surface area contributed by atoms with Crippen molar-refractivity contribution in [2.45, 2.75) is 19.4 Å². The molecule has 0 saturated heterocycles. The van der Waals surface area contributed by atoms with Gasteiger partial charge in [0.25, 0.3) is 0 Å². The maximum atomic E-state index is 9.30. The standard InChI is InChI=1S/C12H12ClNO2/c1-8(15)11-7-16-12(14-11)6-9-3-2-4-10(13)5-9/h2-5,7-8,15H,6H2,1H3. The minimum Gasteiger partial charge on any atom is -0.448 e. The summed E-state index contributed by atoms with van der Waals surface area (Å²) in [7, 11) is 0. The second kappa shape index (κ2) is 4.68. The first-order valence-corrected chi connectivity index (χ1v) is 5.40. The highest BCUT2D eigenvalue weighted by Gasteiger charge is 2.08. The Balaban J connectivity index is 2.14. The van der Waals surface area contributed by atoms with Gasteiger partial charge in [-0.2, -0.15) is 0 Å². The number of hydrogen-bond donors (Lipinski definition) is 1. The van der Waals surface area contributed by atoms with Crippen LogP contribution in [0.15, 0.2) is 34.9 Å². The molecule has 16 heavy (non-hydrogen) atoms. The Kier molecular flexibility index (Phi) is 3.27. The lowest BCUT2D eigenvalue weighted by molar-refractivity contribution is 0.194. The fraction of sp³-hybridized carbons (Fsp3) is 0.250. The van der Waals surface area contributed by atoms with Gasteiger partial charge in [0.05, 0.1) is 6.10 Å². The van der Waals surface area contributed by atoms with E-state index in [1.165, 1.54) is 6.26 Å². The van der Waals surface area contributed by atoms with Crippen molar-refractivity contribution < 1.29 is 9.52 Å². The molecule has 1 atom stereocenters. The number of aliphatic hydroxyl groups is 1. The highest BCUT2D eigenvalue weighted by molar-refractivity contribution is 6.30. The second-order valence-electron chi connectivity index (χ2n) is 3.65. The van der Waals surface area contributed by atoms with Gasteiger partial charge in [0.15, 0.2) is 5.89 Å². The minimum absolute atomic E-state index is 0.553. The van der Waals surface area contributed by atoms with Crippen LogP contribution >= 0.6 is 11.6 Å². The Morgan fingerprint density at radius 2 is 2.31 bits per heavy atom. The molecule has 2 aromatic rings. The number of oxazole rings is 1. The number of aromatic nitrogens is 1. The van der Waals surface area contributed by atoms with Crippen LogP contribution in [0.3, 0.4) is 0 Å². The fourth-order valence-electron chi connectivity index (χ4n) is 1.42. The minimum atomic E-state index is -0.600. The third-order valence-corrected chi connectivity index (χ3v) is 2.48. The Hall–Kier alpha value is -1.32. The zero-order chi connectivity index (χ0) is 11.5. The van der Waals surface area contributed by atoms with Crippen molar-refractivity contribution in [3.8, 4) is 0 Å². The zero-order valence-electron chi connectivity index (χ0n) is 8.85. The van der Waals surface area contributed by atoms with Gasteiger partial charge in [0.2, 0.25) is 0 Å². The first kappa shape index (κ1) is 11.2. The number of aliphatic hydroxyl groups excluding tert-OH is 1. The van der Waals surface area contributed by atoms with Gasteiger partial charge in [-0.25, -0.2) is 4.98 Å². The first-order valence-electron chi connectivity index (χ1n) is 5.02. The Morgan fingerprint density at radius 1 is 1.50 bits per heavy atom. The summed E-state index contributed by atoms with van der Waals surface area (Å²) in [5.74, 6) is 0.582. The van der Waals surface area contributed by atoms with E-state index in [-0.39, 0.29) is 0 Å². The largest absolute Gasteiger partial charge is 0.448 e. The molecular formula is C12H12ClNO2. The lowest BCUT2D eigenvalue weighted by atomic mass is 10.1. The van der Waals surface area contributed by atoms with E-state index in [9.17, 15) is 5.11 Å². The molecule has 84 valence electrons. The van der Waals surface area contributed by atoms with Gasteiger partial charge in [0, 0.05) is 11.4 Å². The summed E-state index contributed by atoms with van der Waals surface area (Å²) < 4.78 is 5.26. The van der Waals surface area contributed by atoms with Crippen LogP contribution in [-0.2, 0) is 6.42 Å². The highest BCUT2D eigenvalue weighted by atomic mass is 35.5. The summed E-state index contributed by atoms with van der Waals surface area (Å²) in [6.45, 7) is 1.65. The van der Waals surface area contributed by atoms with E-state index in [0.717, 1.165) is 5.56 Å². The van der Waals surface area contributed by atoms with Gasteiger partial charge in [0.1, 0.15) is 12.0 Å². The summed E-state index contributed by atoms with van der Waals surface area (Å²) in [5.41, 5.74) is 1.59. The molecule has 0 radical (unpaired) electrons. The summed E-state index contributed by atoms with van der Waals surface area (Å²) in [4.78, 5) is 4.17. The number of rotatable bonds is 3. The molecule has 0 aliphatic heterocycles. The number of halogens is 1. The van der Waals surface area contributed by atoms with E-state index in [0.29, 0.717) is 23.0 Å². The van der Waals surface area contributed by atoms with E-state index in [4.69, 9.17) is 16.0 Å². The van der Waals surface area contributed by atoms with Gasteiger partial charge in [-0.1, -0.05) is 23.7 Å². The van der Waals surface area contributed by atoms with Crippen molar-refractivity contribution in [1.29, 1.82) is 0 Å². The molecule has 0 amide bonds. The molecule has 4 heteroatoms. The molecular weight excluding hydrogens is 226 g/mol. The fourth-order valence-corrected chi connectivity index (χ4v) is 1.63. The summed E-state index contributed by atoms with van der Waals surface area (Å²) >= 11 is 5.88. The molecule has 0 saturated carbocycles. The molecule has 0 aliphatic carbocycles. The zero-order valence-corrected chi connectivity index (χ0v) is 9.61. The topological polar surface area (TPSA) is 46.3 Å². The third-order valence-electron chi connectivity index (χ3n) is 2.24. The lowest BCUT2D eigenvalue weighted by Gasteiger charge is -1.98. The molecule has 1 unspecified atom stereocenters. The van der Waals surface area contributed by atoms with Crippen molar-refractivity contribution in [2.24, 2.45) is 0 Å². The number of nitrogens with zero attached hydrogens (tertiary/aromatic N) is 1. The van der Waals surface area contributed by atoms with Crippen LogP contribution in [-0.4, -0.2) is 10.1 Å². The van der Waals surface area contributed by atoms with E-state index < -0.39 is 6.10 Å². The Morgan fingerprint density at radius 3 is 2.94 bits per heavy atom. The lowest BCUT2D eigenvalue weighted by Crippen LogP contribution is -1.93. The maximum Gasteiger partial charge on any atom is 0.198 e.